The topological polar surface area (TPSA) is 64.1 Å². The lowest BCUT2D eigenvalue weighted by molar-refractivity contribution is -0.137. The summed E-state index contributed by atoms with van der Waals surface area (Å²) in [6.45, 7) is 4.30. The van der Waals surface area contributed by atoms with Gasteiger partial charge in [0.2, 0.25) is 11.8 Å². The van der Waals surface area contributed by atoms with Crippen LogP contribution in [0.3, 0.4) is 0 Å². The molecule has 5 heterocycles. The normalized spacial score (nSPS) is 34.1. The molecule has 6 heteroatoms. The number of nitrogens with zero attached hydrogens (tertiary/aromatic N) is 3. The highest BCUT2D eigenvalue weighted by molar-refractivity contribution is 5.80. The Balaban J connectivity index is 1.37. The largest absolute Gasteiger partial charge is 0.508 e. The highest BCUT2D eigenvalue weighted by Crippen LogP contribution is 2.47. The van der Waals surface area contributed by atoms with Gasteiger partial charge in [-0.05, 0) is 56.0 Å². The zero-order valence-electron chi connectivity index (χ0n) is 16.3. The summed E-state index contributed by atoms with van der Waals surface area (Å²) < 4.78 is 0. The minimum absolute atomic E-state index is 0.186. The molecule has 6 rings (SSSR count). The fraction of sp³-hybridized carbons (Fsp3) is 0.636. The smallest absolute Gasteiger partial charge is 0.224 e. The van der Waals surface area contributed by atoms with Crippen LogP contribution in [-0.2, 0) is 9.59 Å². The third-order valence-corrected chi connectivity index (χ3v) is 7.38. The van der Waals surface area contributed by atoms with Gasteiger partial charge in [0.15, 0.2) is 0 Å². The zero-order chi connectivity index (χ0) is 19.3. The summed E-state index contributed by atoms with van der Waals surface area (Å²) in [5.41, 5.74) is 1.13. The number of fused-ring (bicyclic) bond motifs is 2. The first kappa shape index (κ1) is 18.0. The number of carbonyl (C=O) groups is 2. The molecule has 5 aliphatic heterocycles. The molecule has 0 saturated carbocycles. The van der Waals surface area contributed by atoms with E-state index in [4.69, 9.17) is 0 Å². The van der Waals surface area contributed by atoms with Crippen molar-refractivity contribution in [2.24, 2.45) is 5.92 Å². The van der Waals surface area contributed by atoms with Crippen LogP contribution < -0.4 is 0 Å². The molecule has 3 atom stereocenters. The molecule has 2 amide bonds. The number of aromatic hydroxyl groups is 1. The predicted octanol–water partition coefficient (Wildman–Crippen LogP) is 1.79. The number of amides is 2. The molecule has 1 aromatic carbocycles. The summed E-state index contributed by atoms with van der Waals surface area (Å²) in [7, 11) is 0. The molecule has 0 aromatic heterocycles. The molecule has 5 aliphatic rings. The Morgan fingerprint density at radius 3 is 2.68 bits per heavy atom. The van der Waals surface area contributed by atoms with Gasteiger partial charge in [0.25, 0.3) is 0 Å². The Bertz CT molecular complexity index is 774. The molecule has 6 nitrogen and oxygen atoms in total. The van der Waals surface area contributed by atoms with Gasteiger partial charge < -0.3 is 14.9 Å². The van der Waals surface area contributed by atoms with Crippen molar-refractivity contribution >= 4 is 11.8 Å². The van der Waals surface area contributed by atoms with Crippen LogP contribution >= 0.6 is 0 Å². The Kier molecular flexibility index (Phi) is 4.54. The van der Waals surface area contributed by atoms with Crippen LogP contribution in [0.4, 0.5) is 0 Å². The number of piperidine rings is 3. The average Bonchev–Trinajstić information content (AvgIpc) is 3.32. The maximum atomic E-state index is 13.2. The van der Waals surface area contributed by atoms with Gasteiger partial charge in [0.1, 0.15) is 5.75 Å². The van der Waals surface area contributed by atoms with E-state index in [0.717, 1.165) is 38.2 Å². The number of hydrogen-bond acceptors (Lipinski definition) is 4. The van der Waals surface area contributed by atoms with Crippen LogP contribution in [0, 0.1) is 5.92 Å². The second kappa shape index (κ2) is 7.07. The van der Waals surface area contributed by atoms with Crippen molar-refractivity contribution in [3.8, 4) is 5.75 Å². The molecule has 5 fully saturated rings. The molecule has 0 unspecified atom stereocenters. The minimum Gasteiger partial charge on any atom is -0.508 e. The van der Waals surface area contributed by atoms with Gasteiger partial charge in [0.05, 0.1) is 6.04 Å². The molecule has 0 spiro atoms. The highest BCUT2D eigenvalue weighted by atomic mass is 16.3. The Hall–Kier alpha value is -2.08. The van der Waals surface area contributed by atoms with Crippen LogP contribution in [0.1, 0.15) is 43.6 Å². The van der Waals surface area contributed by atoms with E-state index in [1.54, 1.807) is 6.07 Å². The first-order valence-corrected chi connectivity index (χ1v) is 10.7. The summed E-state index contributed by atoms with van der Waals surface area (Å²) in [5.74, 6) is 1.49. The van der Waals surface area contributed by atoms with E-state index >= 15 is 0 Å². The van der Waals surface area contributed by atoms with Crippen molar-refractivity contribution in [1.29, 1.82) is 0 Å². The van der Waals surface area contributed by atoms with Gasteiger partial charge in [-0.25, -0.2) is 0 Å². The lowest BCUT2D eigenvalue weighted by Crippen LogP contribution is -2.60. The van der Waals surface area contributed by atoms with E-state index in [2.05, 4.69) is 15.9 Å². The van der Waals surface area contributed by atoms with Crippen molar-refractivity contribution in [3.05, 3.63) is 29.8 Å². The van der Waals surface area contributed by atoms with E-state index in [0.29, 0.717) is 37.1 Å². The van der Waals surface area contributed by atoms with Gasteiger partial charge >= 0.3 is 0 Å². The average molecular weight is 383 g/mol. The highest BCUT2D eigenvalue weighted by Gasteiger charge is 2.54. The fourth-order valence-corrected chi connectivity index (χ4v) is 6.07. The van der Waals surface area contributed by atoms with E-state index < -0.39 is 0 Å². The summed E-state index contributed by atoms with van der Waals surface area (Å²) in [6, 6.07) is 8.19. The van der Waals surface area contributed by atoms with Gasteiger partial charge in [-0.3, -0.25) is 14.5 Å². The molecule has 5 saturated heterocycles. The Morgan fingerprint density at radius 2 is 1.96 bits per heavy atom. The summed E-state index contributed by atoms with van der Waals surface area (Å²) in [6.07, 6.45) is 4.30. The molecule has 0 radical (unpaired) electrons. The third kappa shape index (κ3) is 2.98. The quantitative estimate of drug-likeness (QED) is 0.861. The summed E-state index contributed by atoms with van der Waals surface area (Å²) in [5, 5.41) is 9.98. The van der Waals surface area contributed by atoms with E-state index in [1.165, 1.54) is 12.8 Å². The number of carbonyl (C=O) groups excluding carboxylic acids is 2. The molecule has 2 bridgehead atoms. The number of hydrogen-bond donors (Lipinski definition) is 1. The number of phenols is 1. The van der Waals surface area contributed by atoms with Crippen molar-refractivity contribution in [3.63, 3.8) is 0 Å². The first-order chi connectivity index (χ1) is 13.6. The predicted molar refractivity (Wildman–Crippen MR) is 105 cm³/mol. The molecule has 1 aromatic rings. The Labute approximate surface area is 166 Å². The number of benzene rings is 1. The van der Waals surface area contributed by atoms with Crippen LogP contribution in [-0.4, -0.2) is 76.4 Å². The van der Waals surface area contributed by atoms with Crippen molar-refractivity contribution in [2.45, 2.75) is 50.1 Å². The Morgan fingerprint density at radius 1 is 1.14 bits per heavy atom. The van der Waals surface area contributed by atoms with Crippen LogP contribution in [0.5, 0.6) is 5.75 Å². The van der Waals surface area contributed by atoms with Crippen molar-refractivity contribution in [1.82, 2.24) is 14.7 Å². The first-order valence-electron chi connectivity index (χ1n) is 10.7. The second-order valence-corrected chi connectivity index (χ2v) is 8.84. The van der Waals surface area contributed by atoms with E-state index in [1.807, 2.05) is 17.0 Å². The SMILES string of the molecule is O=C1CCCN1CCC(=O)N1C[C@@H](c2cccc(O)c2)[C@@H]2[C@H]1C1CCN2CC1. The third-order valence-electron chi connectivity index (χ3n) is 7.38. The summed E-state index contributed by atoms with van der Waals surface area (Å²) >= 11 is 0. The van der Waals surface area contributed by atoms with Gasteiger partial charge in [-0.15, -0.1) is 0 Å². The van der Waals surface area contributed by atoms with E-state index in [-0.39, 0.29) is 23.8 Å². The lowest BCUT2D eigenvalue weighted by atomic mass is 9.75. The second-order valence-electron chi connectivity index (χ2n) is 8.84. The van der Waals surface area contributed by atoms with Crippen molar-refractivity contribution in [2.75, 3.05) is 32.7 Å². The van der Waals surface area contributed by atoms with Gasteiger partial charge in [0, 0.05) is 44.4 Å². The maximum absolute atomic E-state index is 13.2. The number of rotatable bonds is 4. The fourth-order valence-electron chi connectivity index (χ4n) is 6.07. The van der Waals surface area contributed by atoms with Crippen molar-refractivity contribution < 1.29 is 14.7 Å². The minimum atomic E-state index is 0.186. The summed E-state index contributed by atoms with van der Waals surface area (Å²) in [4.78, 5) is 31.6. The molecule has 28 heavy (non-hydrogen) atoms. The molecular weight excluding hydrogens is 354 g/mol. The maximum Gasteiger partial charge on any atom is 0.224 e. The standard InChI is InChI=1S/C22H29N3O3/c26-17-4-1-3-16(13-17)18-14-25(20(28)8-12-23-9-2-5-19(23)27)21-15-6-10-24(11-7-15)22(18)21/h1,3-4,13,15,18,21-22,26H,2,5-12,14H2/t18-,21+,22+/m0/s1. The number of phenolic OH excluding ortho intramolecular Hbond substituents is 1. The monoisotopic (exact) mass is 383 g/mol. The molecule has 1 N–H and O–H groups in total. The molecular formula is C22H29N3O3. The van der Waals surface area contributed by atoms with Crippen LogP contribution in [0.15, 0.2) is 24.3 Å². The lowest BCUT2D eigenvalue weighted by Gasteiger charge is -2.51. The van der Waals surface area contributed by atoms with Crippen LogP contribution in [0.2, 0.25) is 0 Å². The van der Waals surface area contributed by atoms with E-state index in [9.17, 15) is 14.7 Å². The molecule has 0 aliphatic carbocycles. The van der Waals surface area contributed by atoms with Crippen LogP contribution in [0.25, 0.3) is 0 Å². The molecule has 150 valence electrons. The van der Waals surface area contributed by atoms with Gasteiger partial charge in [-0.2, -0.15) is 0 Å². The zero-order valence-corrected chi connectivity index (χ0v) is 16.3. The number of likely N-dealkylation sites (tertiary alicyclic amines) is 2. The van der Waals surface area contributed by atoms with Gasteiger partial charge in [-0.1, -0.05) is 12.1 Å².